The van der Waals surface area contributed by atoms with Gasteiger partial charge in [-0.05, 0) is 56.8 Å². The monoisotopic (exact) mass is 267 g/mol. The number of benzene rings is 1. The molecule has 0 heterocycles. The van der Waals surface area contributed by atoms with E-state index >= 15 is 0 Å². The molecule has 0 saturated carbocycles. The van der Waals surface area contributed by atoms with E-state index in [0.717, 1.165) is 37.4 Å². The van der Waals surface area contributed by atoms with Crippen molar-refractivity contribution in [3.63, 3.8) is 0 Å². The number of hydrogen-bond acceptors (Lipinski definition) is 1. The highest BCUT2D eigenvalue weighted by atomic mass is 19.1. The first-order valence-corrected chi connectivity index (χ1v) is 6.84. The fourth-order valence-electron chi connectivity index (χ4n) is 2.06. The standard InChI is InChI=1S/C16H23F2N/c1-4-7-19-16(6-5-12(2)3)10-13-8-14(17)11-15(18)9-13/h8-9,11,16,19H,2,4-7,10H2,1,3H3. The Morgan fingerprint density at radius 3 is 2.42 bits per heavy atom. The Morgan fingerprint density at radius 2 is 1.89 bits per heavy atom. The Morgan fingerprint density at radius 1 is 1.26 bits per heavy atom. The van der Waals surface area contributed by atoms with Gasteiger partial charge in [0.2, 0.25) is 0 Å². The van der Waals surface area contributed by atoms with Crippen LogP contribution < -0.4 is 5.32 Å². The van der Waals surface area contributed by atoms with Crippen LogP contribution in [0.2, 0.25) is 0 Å². The molecule has 1 rings (SSSR count). The molecule has 1 nitrogen and oxygen atoms in total. The fourth-order valence-corrected chi connectivity index (χ4v) is 2.06. The van der Waals surface area contributed by atoms with E-state index in [0.29, 0.717) is 12.0 Å². The molecule has 0 aliphatic rings. The largest absolute Gasteiger partial charge is 0.314 e. The minimum Gasteiger partial charge on any atom is -0.314 e. The van der Waals surface area contributed by atoms with Gasteiger partial charge in [0.1, 0.15) is 11.6 Å². The van der Waals surface area contributed by atoms with E-state index < -0.39 is 11.6 Å². The van der Waals surface area contributed by atoms with E-state index in [1.807, 2.05) is 6.92 Å². The van der Waals surface area contributed by atoms with E-state index in [-0.39, 0.29) is 6.04 Å². The molecule has 0 amide bonds. The number of hydrogen-bond donors (Lipinski definition) is 1. The van der Waals surface area contributed by atoms with E-state index in [2.05, 4.69) is 18.8 Å². The van der Waals surface area contributed by atoms with Crippen molar-refractivity contribution in [2.45, 2.75) is 45.6 Å². The predicted octanol–water partition coefficient (Wildman–Crippen LogP) is 4.23. The van der Waals surface area contributed by atoms with Gasteiger partial charge < -0.3 is 5.32 Å². The Bertz CT molecular complexity index is 395. The predicted molar refractivity (Wildman–Crippen MR) is 76.2 cm³/mol. The molecule has 1 atom stereocenters. The zero-order valence-electron chi connectivity index (χ0n) is 11.8. The first-order valence-electron chi connectivity index (χ1n) is 6.84. The average molecular weight is 267 g/mol. The van der Waals surface area contributed by atoms with Crippen molar-refractivity contribution in [1.82, 2.24) is 5.32 Å². The van der Waals surface area contributed by atoms with Gasteiger partial charge in [-0.15, -0.1) is 6.58 Å². The summed E-state index contributed by atoms with van der Waals surface area (Å²) in [7, 11) is 0. The molecule has 1 aromatic carbocycles. The second kappa shape index (κ2) is 8.05. The van der Waals surface area contributed by atoms with Gasteiger partial charge in [0.15, 0.2) is 0 Å². The number of allylic oxidation sites excluding steroid dienone is 1. The van der Waals surface area contributed by atoms with Gasteiger partial charge >= 0.3 is 0 Å². The summed E-state index contributed by atoms with van der Waals surface area (Å²) in [5.41, 5.74) is 1.83. The zero-order chi connectivity index (χ0) is 14.3. The van der Waals surface area contributed by atoms with Crippen molar-refractivity contribution in [1.29, 1.82) is 0 Å². The summed E-state index contributed by atoms with van der Waals surface area (Å²) in [5, 5.41) is 3.43. The van der Waals surface area contributed by atoms with Gasteiger partial charge in [0.05, 0.1) is 0 Å². The van der Waals surface area contributed by atoms with Crippen molar-refractivity contribution in [3.05, 3.63) is 47.5 Å². The van der Waals surface area contributed by atoms with E-state index in [1.54, 1.807) is 0 Å². The summed E-state index contributed by atoms with van der Waals surface area (Å²) in [4.78, 5) is 0. The van der Waals surface area contributed by atoms with Gasteiger partial charge in [-0.25, -0.2) is 8.78 Å². The molecule has 0 saturated heterocycles. The molecule has 0 radical (unpaired) electrons. The third-order valence-corrected chi connectivity index (χ3v) is 3.01. The van der Waals surface area contributed by atoms with Crippen LogP contribution in [0.15, 0.2) is 30.4 Å². The molecular weight excluding hydrogens is 244 g/mol. The van der Waals surface area contributed by atoms with Gasteiger partial charge in [-0.1, -0.05) is 12.5 Å². The molecule has 0 spiro atoms. The van der Waals surface area contributed by atoms with E-state index in [1.165, 1.54) is 12.1 Å². The Balaban J connectivity index is 2.66. The molecule has 1 aromatic rings. The smallest absolute Gasteiger partial charge is 0.126 e. The van der Waals surface area contributed by atoms with E-state index in [4.69, 9.17) is 0 Å². The zero-order valence-corrected chi connectivity index (χ0v) is 11.8. The second-order valence-corrected chi connectivity index (χ2v) is 5.13. The van der Waals surface area contributed by atoms with Crippen LogP contribution in [0.1, 0.15) is 38.7 Å². The molecule has 0 aliphatic heterocycles. The summed E-state index contributed by atoms with van der Waals surface area (Å²) >= 11 is 0. The highest BCUT2D eigenvalue weighted by molar-refractivity contribution is 5.19. The minimum absolute atomic E-state index is 0.234. The Labute approximate surface area is 114 Å². The first kappa shape index (κ1) is 15.8. The van der Waals surface area contributed by atoms with Crippen LogP contribution in [-0.4, -0.2) is 12.6 Å². The lowest BCUT2D eigenvalue weighted by Crippen LogP contribution is -2.31. The highest BCUT2D eigenvalue weighted by Gasteiger charge is 2.10. The van der Waals surface area contributed by atoms with Crippen LogP contribution in [0.3, 0.4) is 0 Å². The van der Waals surface area contributed by atoms with Crippen molar-refractivity contribution in [2.75, 3.05) is 6.54 Å². The molecule has 1 unspecified atom stereocenters. The summed E-state index contributed by atoms with van der Waals surface area (Å²) in [6, 6.07) is 3.96. The summed E-state index contributed by atoms with van der Waals surface area (Å²) in [6.07, 6.45) is 3.55. The van der Waals surface area contributed by atoms with Crippen molar-refractivity contribution in [2.24, 2.45) is 0 Å². The molecule has 0 bridgehead atoms. The quantitative estimate of drug-likeness (QED) is 0.695. The van der Waals surface area contributed by atoms with Gasteiger partial charge in [0.25, 0.3) is 0 Å². The highest BCUT2D eigenvalue weighted by Crippen LogP contribution is 2.14. The van der Waals surface area contributed by atoms with E-state index in [9.17, 15) is 8.78 Å². The van der Waals surface area contributed by atoms with Crippen molar-refractivity contribution in [3.8, 4) is 0 Å². The van der Waals surface area contributed by atoms with Crippen molar-refractivity contribution < 1.29 is 8.78 Å². The van der Waals surface area contributed by atoms with Crippen molar-refractivity contribution >= 4 is 0 Å². The lowest BCUT2D eigenvalue weighted by molar-refractivity contribution is 0.474. The molecule has 0 fully saturated rings. The molecule has 0 aromatic heterocycles. The maximum absolute atomic E-state index is 13.2. The lowest BCUT2D eigenvalue weighted by atomic mass is 9.99. The van der Waals surface area contributed by atoms with Gasteiger partial charge in [0, 0.05) is 12.1 Å². The Kier molecular flexibility index (Phi) is 6.71. The summed E-state index contributed by atoms with van der Waals surface area (Å²) < 4.78 is 26.3. The first-order chi connectivity index (χ1) is 9.01. The normalized spacial score (nSPS) is 12.4. The number of halogens is 2. The molecular formula is C16H23F2N. The third kappa shape index (κ3) is 6.48. The van der Waals surface area contributed by atoms with Crippen LogP contribution in [0, 0.1) is 11.6 Å². The molecule has 0 aliphatic carbocycles. The second-order valence-electron chi connectivity index (χ2n) is 5.13. The SMILES string of the molecule is C=C(C)CCC(Cc1cc(F)cc(F)c1)NCCC. The van der Waals surface area contributed by atoms with Crippen LogP contribution >= 0.6 is 0 Å². The summed E-state index contributed by atoms with van der Waals surface area (Å²) in [5.74, 6) is -1.02. The number of nitrogens with one attached hydrogen (secondary N) is 1. The van der Waals surface area contributed by atoms with Crippen LogP contribution in [0.5, 0.6) is 0 Å². The van der Waals surface area contributed by atoms with Gasteiger partial charge in [-0.2, -0.15) is 0 Å². The fraction of sp³-hybridized carbons (Fsp3) is 0.500. The average Bonchev–Trinajstić information content (AvgIpc) is 2.31. The minimum atomic E-state index is -0.510. The Hall–Kier alpha value is -1.22. The molecule has 3 heteroatoms. The molecule has 1 N–H and O–H groups in total. The summed E-state index contributed by atoms with van der Waals surface area (Å²) in [6.45, 7) is 8.91. The lowest BCUT2D eigenvalue weighted by Gasteiger charge is -2.19. The third-order valence-electron chi connectivity index (χ3n) is 3.01. The topological polar surface area (TPSA) is 12.0 Å². The number of rotatable bonds is 8. The van der Waals surface area contributed by atoms with Crippen LogP contribution in [0.25, 0.3) is 0 Å². The molecule has 106 valence electrons. The molecule has 19 heavy (non-hydrogen) atoms. The maximum atomic E-state index is 13.2. The van der Waals surface area contributed by atoms with Crippen LogP contribution in [-0.2, 0) is 6.42 Å². The van der Waals surface area contributed by atoms with Crippen LogP contribution in [0.4, 0.5) is 8.78 Å². The van der Waals surface area contributed by atoms with Gasteiger partial charge in [-0.3, -0.25) is 0 Å². The maximum Gasteiger partial charge on any atom is 0.126 e.